The molecule has 2 aromatic carbocycles. The first-order valence-electron chi connectivity index (χ1n) is 9.61. The Balaban J connectivity index is 1.87. The van der Waals surface area contributed by atoms with E-state index >= 15 is 0 Å². The third-order valence-electron chi connectivity index (χ3n) is 4.72. The van der Waals surface area contributed by atoms with E-state index in [2.05, 4.69) is 9.71 Å². The van der Waals surface area contributed by atoms with E-state index in [0.717, 1.165) is 17.7 Å². The summed E-state index contributed by atoms with van der Waals surface area (Å²) in [6.07, 6.45) is -3.25. The van der Waals surface area contributed by atoms with E-state index in [1.165, 1.54) is 6.20 Å². The van der Waals surface area contributed by atoms with Crippen molar-refractivity contribution in [2.45, 2.75) is 44.4 Å². The first-order chi connectivity index (χ1) is 14.9. The Bertz CT molecular complexity index is 1210. The predicted molar refractivity (Wildman–Crippen MR) is 114 cm³/mol. The van der Waals surface area contributed by atoms with Gasteiger partial charge in [-0.05, 0) is 51.1 Å². The van der Waals surface area contributed by atoms with E-state index in [1.54, 1.807) is 23.6 Å². The number of ether oxygens (including phenoxy) is 1. The van der Waals surface area contributed by atoms with Crippen LogP contribution in [0.3, 0.4) is 0 Å². The molecule has 3 aromatic rings. The average molecular weight is 488 g/mol. The largest absolute Gasteiger partial charge is 0.426 e. The molecular weight excluding hydrogens is 467 g/mol. The van der Waals surface area contributed by atoms with Crippen molar-refractivity contribution in [3.8, 4) is 11.8 Å². The zero-order chi connectivity index (χ0) is 23.7. The minimum Gasteiger partial charge on any atom is -0.426 e. The Morgan fingerprint density at radius 1 is 1.19 bits per heavy atom. The first kappa shape index (κ1) is 24.1. The zero-order valence-corrected chi connectivity index (χ0v) is 19.0. The van der Waals surface area contributed by atoms with Gasteiger partial charge < -0.3 is 4.74 Å². The maximum absolute atomic E-state index is 13.0. The molecule has 0 aliphatic heterocycles. The summed E-state index contributed by atoms with van der Waals surface area (Å²) in [6, 6.07) is 8.91. The molecule has 0 radical (unpaired) electrons. The zero-order valence-electron chi connectivity index (χ0n) is 17.4. The fraction of sp³-hybridized carbons (Fsp3) is 0.286. The number of nitrogens with zero attached hydrogens (tertiary/aromatic N) is 2. The summed E-state index contributed by atoms with van der Waals surface area (Å²) in [7, 11) is -4.36. The second kappa shape index (κ2) is 9.13. The van der Waals surface area contributed by atoms with Gasteiger partial charge in [-0.1, -0.05) is 29.3 Å². The van der Waals surface area contributed by atoms with Crippen LogP contribution in [0.2, 0.25) is 5.02 Å². The number of benzene rings is 2. The molecule has 0 bridgehead atoms. The van der Waals surface area contributed by atoms with Gasteiger partial charge in [0.2, 0.25) is 10.0 Å². The molecule has 32 heavy (non-hydrogen) atoms. The lowest BCUT2D eigenvalue weighted by Crippen LogP contribution is -2.29. The van der Waals surface area contributed by atoms with Crippen LogP contribution in [0.15, 0.2) is 53.6 Å². The molecule has 1 unspecified atom stereocenters. The van der Waals surface area contributed by atoms with E-state index < -0.39 is 32.7 Å². The van der Waals surface area contributed by atoms with Gasteiger partial charge in [0.15, 0.2) is 0 Å². The van der Waals surface area contributed by atoms with Crippen LogP contribution in [0.25, 0.3) is 0 Å². The second-order valence-corrected chi connectivity index (χ2v) is 9.20. The molecule has 1 N–H and O–H groups in total. The van der Waals surface area contributed by atoms with Crippen LogP contribution in [-0.2, 0) is 22.7 Å². The molecule has 0 spiro atoms. The van der Waals surface area contributed by atoms with Crippen molar-refractivity contribution >= 4 is 21.6 Å². The maximum Gasteiger partial charge on any atom is 0.416 e. The Kier molecular flexibility index (Phi) is 6.87. The van der Waals surface area contributed by atoms with E-state index in [4.69, 9.17) is 16.3 Å². The summed E-state index contributed by atoms with van der Waals surface area (Å²) in [4.78, 5) is 3.57. The minimum absolute atomic E-state index is 0.259. The van der Waals surface area contributed by atoms with Crippen LogP contribution in [-0.4, -0.2) is 18.0 Å². The SMILES string of the molecule is CCn1c(C(C)NS(=O)(=O)c2cc(C(F)(F)F)ccc2Cl)cnc1Oc1ccc(C)cc1. The number of aryl methyl sites for hydroxylation is 1. The number of halogens is 4. The van der Waals surface area contributed by atoms with Gasteiger partial charge in [-0.3, -0.25) is 4.57 Å². The van der Waals surface area contributed by atoms with Gasteiger partial charge in [0, 0.05) is 6.54 Å². The summed E-state index contributed by atoms with van der Waals surface area (Å²) in [5.41, 5.74) is 0.428. The van der Waals surface area contributed by atoms with Crippen molar-refractivity contribution in [3.05, 3.63) is 70.5 Å². The third-order valence-corrected chi connectivity index (χ3v) is 6.74. The second-order valence-electron chi connectivity index (χ2n) is 7.11. The van der Waals surface area contributed by atoms with E-state index in [9.17, 15) is 21.6 Å². The molecule has 0 aliphatic rings. The molecule has 1 heterocycles. The molecule has 0 saturated heterocycles. The number of sulfonamides is 1. The quantitative estimate of drug-likeness (QED) is 0.463. The van der Waals surface area contributed by atoms with Crippen molar-refractivity contribution in [1.82, 2.24) is 14.3 Å². The Labute approximate surface area is 189 Å². The highest BCUT2D eigenvalue weighted by molar-refractivity contribution is 7.89. The lowest BCUT2D eigenvalue weighted by Gasteiger charge is -2.18. The molecular formula is C21H21ClF3N3O3S. The van der Waals surface area contributed by atoms with Crippen molar-refractivity contribution in [1.29, 1.82) is 0 Å². The molecule has 0 aliphatic carbocycles. The number of rotatable bonds is 7. The summed E-state index contributed by atoms with van der Waals surface area (Å²) in [5.74, 6) is 0.562. The van der Waals surface area contributed by atoms with Gasteiger partial charge >= 0.3 is 12.2 Å². The summed E-state index contributed by atoms with van der Waals surface area (Å²) >= 11 is 5.90. The molecule has 172 valence electrons. The Morgan fingerprint density at radius 3 is 2.44 bits per heavy atom. The van der Waals surface area contributed by atoms with Gasteiger partial charge in [0.25, 0.3) is 0 Å². The van der Waals surface area contributed by atoms with E-state index in [1.807, 2.05) is 26.0 Å². The molecule has 1 atom stereocenters. The number of imidazole rings is 1. The Hall–Kier alpha value is -2.56. The van der Waals surface area contributed by atoms with Crippen LogP contribution in [0.5, 0.6) is 11.8 Å². The standard InChI is InChI=1S/C21H21ClF3N3O3S/c1-4-28-18(12-26-20(28)31-16-8-5-13(2)6-9-16)14(3)27-32(29,30)19-11-15(21(23,24)25)7-10-17(19)22/h5-12,14,27H,4H2,1-3H3. The van der Waals surface area contributed by atoms with E-state index in [-0.39, 0.29) is 11.0 Å². The number of hydrogen-bond donors (Lipinski definition) is 1. The molecule has 0 amide bonds. The Morgan fingerprint density at radius 2 is 1.84 bits per heavy atom. The van der Waals surface area contributed by atoms with Crippen LogP contribution >= 0.6 is 11.6 Å². The number of hydrogen-bond acceptors (Lipinski definition) is 4. The highest BCUT2D eigenvalue weighted by atomic mass is 35.5. The number of nitrogens with one attached hydrogen (secondary N) is 1. The van der Waals surface area contributed by atoms with Crippen LogP contribution in [0.4, 0.5) is 13.2 Å². The van der Waals surface area contributed by atoms with Gasteiger partial charge in [0.05, 0.1) is 28.5 Å². The van der Waals surface area contributed by atoms with Crippen molar-refractivity contribution in [2.24, 2.45) is 0 Å². The fourth-order valence-electron chi connectivity index (χ4n) is 3.07. The highest BCUT2D eigenvalue weighted by Gasteiger charge is 2.33. The van der Waals surface area contributed by atoms with Crippen molar-refractivity contribution in [3.63, 3.8) is 0 Å². The van der Waals surface area contributed by atoms with Gasteiger partial charge in [-0.25, -0.2) is 18.1 Å². The molecule has 0 saturated carbocycles. The van der Waals surface area contributed by atoms with Crippen LogP contribution < -0.4 is 9.46 Å². The van der Waals surface area contributed by atoms with Crippen molar-refractivity contribution in [2.75, 3.05) is 0 Å². The van der Waals surface area contributed by atoms with Crippen molar-refractivity contribution < 1.29 is 26.3 Å². The summed E-state index contributed by atoms with van der Waals surface area (Å²) in [6.45, 7) is 5.75. The third kappa shape index (κ3) is 5.25. The number of aromatic nitrogens is 2. The van der Waals surface area contributed by atoms with Gasteiger partial charge in [-0.15, -0.1) is 0 Å². The predicted octanol–water partition coefficient (Wildman–Crippen LogP) is 5.72. The molecule has 0 fully saturated rings. The normalized spacial score (nSPS) is 13.2. The molecule has 3 rings (SSSR count). The topological polar surface area (TPSA) is 73.2 Å². The lowest BCUT2D eigenvalue weighted by molar-refractivity contribution is -0.137. The van der Waals surface area contributed by atoms with Crippen LogP contribution in [0, 0.1) is 6.92 Å². The van der Waals surface area contributed by atoms with Crippen LogP contribution in [0.1, 0.15) is 36.7 Å². The summed E-state index contributed by atoms with van der Waals surface area (Å²) in [5, 5.41) is -0.315. The van der Waals surface area contributed by atoms with Gasteiger partial charge in [-0.2, -0.15) is 13.2 Å². The molecule has 11 heteroatoms. The smallest absolute Gasteiger partial charge is 0.416 e. The molecule has 1 aromatic heterocycles. The lowest BCUT2D eigenvalue weighted by atomic mass is 10.2. The maximum atomic E-state index is 13.0. The van der Waals surface area contributed by atoms with Gasteiger partial charge in [0.1, 0.15) is 10.6 Å². The monoisotopic (exact) mass is 487 g/mol. The minimum atomic E-state index is -4.70. The van der Waals surface area contributed by atoms with E-state index in [0.29, 0.717) is 24.1 Å². The number of alkyl halides is 3. The molecule has 6 nitrogen and oxygen atoms in total. The first-order valence-corrected chi connectivity index (χ1v) is 11.5. The average Bonchev–Trinajstić information content (AvgIpc) is 3.11. The fourth-order valence-corrected chi connectivity index (χ4v) is 4.81. The summed E-state index contributed by atoms with van der Waals surface area (Å²) < 4.78 is 74.6. The highest BCUT2D eigenvalue weighted by Crippen LogP contribution is 2.34.